The lowest BCUT2D eigenvalue weighted by Gasteiger charge is -2.00. The number of anilines is 1. The Morgan fingerprint density at radius 1 is 1.27 bits per heavy atom. The SMILES string of the molecule is NC(=O)c1cc(-c2csc(NC(=O)c3ccncc3)n2)c[nH]1. The molecule has 3 aromatic rings. The summed E-state index contributed by atoms with van der Waals surface area (Å²) in [6.45, 7) is 0. The van der Waals surface area contributed by atoms with E-state index in [1.807, 2.05) is 0 Å². The Kier molecular flexibility index (Phi) is 3.67. The molecule has 0 radical (unpaired) electrons. The van der Waals surface area contributed by atoms with Crippen LogP contribution in [0.1, 0.15) is 20.8 Å². The van der Waals surface area contributed by atoms with E-state index in [1.165, 1.54) is 11.3 Å². The second kappa shape index (κ2) is 5.78. The number of nitrogens with zero attached hydrogens (tertiary/aromatic N) is 2. The summed E-state index contributed by atoms with van der Waals surface area (Å²) in [4.78, 5) is 34.0. The number of carbonyl (C=O) groups is 2. The van der Waals surface area contributed by atoms with Crippen LogP contribution < -0.4 is 11.1 Å². The third kappa shape index (κ3) is 2.86. The number of nitrogens with two attached hydrogens (primary N) is 1. The van der Waals surface area contributed by atoms with Crippen LogP contribution in [-0.4, -0.2) is 26.8 Å². The van der Waals surface area contributed by atoms with E-state index in [0.717, 1.165) is 5.56 Å². The van der Waals surface area contributed by atoms with Crippen molar-refractivity contribution in [1.82, 2.24) is 15.0 Å². The molecule has 0 aliphatic rings. The predicted molar refractivity (Wildman–Crippen MR) is 82.6 cm³/mol. The molecule has 0 bridgehead atoms. The Morgan fingerprint density at radius 3 is 2.73 bits per heavy atom. The number of pyridine rings is 1. The van der Waals surface area contributed by atoms with Crippen molar-refractivity contribution in [3.8, 4) is 11.3 Å². The molecule has 0 aliphatic heterocycles. The van der Waals surface area contributed by atoms with Gasteiger partial charge in [-0.15, -0.1) is 11.3 Å². The average Bonchev–Trinajstić information content (AvgIpc) is 3.16. The molecule has 4 N–H and O–H groups in total. The van der Waals surface area contributed by atoms with Gasteiger partial charge in [-0.1, -0.05) is 0 Å². The zero-order valence-electron chi connectivity index (χ0n) is 11.2. The zero-order chi connectivity index (χ0) is 15.5. The number of amides is 2. The van der Waals surface area contributed by atoms with Gasteiger partial charge in [0.1, 0.15) is 5.69 Å². The molecule has 0 unspecified atom stereocenters. The van der Waals surface area contributed by atoms with E-state index in [2.05, 4.69) is 20.3 Å². The van der Waals surface area contributed by atoms with Gasteiger partial charge in [0.15, 0.2) is 5.13 Å². The first-order valence-corrected chi connectivity index (χ1v) is 7.17. The molecule has 3 aromatic heterocycles. The van der Waals surface area contributed by atoms with Gasteiger partial charge < -0.3 is 10.7 Å². The number of rotatable bonds is 4. The molecule has 0 spiro atoms. The van der Waals surface area contributed by atoms with Gasteiger partial charge in [-0.05, 0) is 18.2 Å². The maximum Gasteiger partial charge on any atom is 0.265 e. The largest absolute Gasteiger partial charge is 0.364 e. The summed E-state index contributed by atoms with van der Waals surface area (Å²) in [6, 6.07) is 4.86. The maximum absolute atomic E-state index is 12.0. The van der Waals surface area contributed by atoms with E-state index < -0.39 is 5.91 Å². The first kappa shape index (κ1) is 14.0. The van der Waals surface area contributed by atoms with Crippen LogP contribution in [0.15, 0.2) is 42.2 Å². The van der Waals surface area contributed by atoms with Gasteiger partial charge in [0.05, 0.1) is 5.69 Å². The zero-order valence-corrected chi connectivity index (χ0v) is 12.1. The highest BCUT2D eigenvalue weighted by molar-refractivity contribution is 7.14. The van der Waals surface area contributed by atoms with Crippen molar-refractivity contribution in [2.24, 2.45) is 5.73 Å². The Morgan fingerprint density at radius 2 is 2.05 bits per heavy atom. The van der Waals surface area contributed by atoms with Gasteiger partial charge >= 0.3 is 0 Å². The molecule has 0 fully saturated rings. The van der Waals surface area contributed by atoms with Gasteiger partial charge in [0.25, 0.3) is 11.8 Å². The molecule has 3 heterocycles. The number of hydrogen-bond donors (Lipinski definition) is 3. The van der Waals surface area contributed by atoms with Gasteiger partial charge in [-0.25, -0.2) is 4.98 Å². The van der Waals surface area contributed by atoms with Gasteiger partial charge in [-0.2, -0.15) is 0 Å². The molecule has 0 saturated heterocycles. The minimum atomic E-state index is -0.535. The van der Waals surface area contributed by atoms with E-state index in [1.54, 1.807) is 42.2 Å². The fourth-order valence-corrected chi connectivity index (χ4v) is 2.54. The summed E-state index contributed by atoms with van der Waals surface area (Å²) in [5, 5.41) is 4.98. The molecule has 22 heavy (non-hydrogen) atoms. The third-order valence-corrected chi connectivity index (χ3v) is 3.67. The number of primary amides is 1. The normalized spacial score (nSPS) is 10.4. The molecule has 0 aromatic carbocycles. The van der Waals surface area contributed by atoms with Crippen molar-refractivity contribution in [2.75, 3.05) is 5.32 Å². The van der Waals surface area contributed by atoms with Crippen molar-refractivity contribution in [1.29, 1.82) is 0 Å². The van der Waals surface area contributed by atoms with E-state index >= 15 is 0 Å². The number of carbonyl (C=O) groups excluding carboxylic acids is 2. The van der Waals surface area contributed by atoms with E-state index in [9.17, 15) is 9.59 Å². The van der Waals surface area contributed by atoms with Crippen molar-refractivity contribution in [3.05, 3.63) is 53.4 Å². The maximum atomic E-state index is 12.0. The van der Waals surface area contributed by atoms with Crippen LogP contribution in [0.25, 0.3) is 11.3 Å². The molecule has 8 heteroatoms. The van der Waals surface area contributed by atoms with Crippen LogP contribution in [0.3, 0.4) is 0 Å². The van der Waals surface area contributed by atoms with Crippen LogP contribution in [-0.2, 0) is 0 Å². The molecular weight excluding hydrogens is 302 g/mol. The molecule has 0 atom stereocenters. The molecule has 7 nitrogen and oxygen atoms in total. The summed E-state index contributed by atoms with van der Waals surface area (Å²) in [5.41, 5.74) is 7.39. The summed E-state index contributed by atoms with van der Waals surface area (Å²) < 4.78 is 0. The third-order valence-electron chi connectivity index (χ3n) is 2.91. The highest BCUT2D eigenvalue weighted by Gasteiger charge is 2.12. The van der Waals surface area contributed by atoms with Crippen molar-refractivity contribution < 1.29 is 9.59 Å². The number of H-pyrrole nitrogens is 1. The summed E-state index contributed by atoms with van der Waals surface area (Å²) in [6.07, 6.45) is 4.74. The smallest absolute Gasteiger partial charge is 0.265 e. The fourth-order valence-electron chi connectivity index (χ4n) is 1.82. The summed E-state index contributed by atoms with van der Waals surface area (Å²) in [7, 11) is 0. The molecule has 3 rings (SSSR count). The Hall–Kier alpha value is -3.00. The molecule has 0 saturated carbocycles. The minimum Gasteiger partial charge on any atom is -0.364 e. The number of thiazole rings is 1. The average molecular weight is 313 g/mol. The Balaban J connectivity index is 1.76. The molecule has 0 aliphatic carbocycles. The van der Waals surface area contributed by atoms with Crippen LogP contribution in [0.2, 0.25) is 0 Å². The standard InChI is InChI=1S/C14H11N5O2S/c15-12(20)10-5-9(6-17-10)11-7-22-14(18-11)19-13(21)8-1-3-16-4-2-8/h1-7,17H,(H2,15,20)(H,18,19,21). The molecular formula is C14H11N5O2S. The number of aromatic amines is 1. The molecule has 2 amide bonds. The van der Waals surface area contributed by atoms with Crippen LogP contribution in [0, 0.1) is 0 Å². The second-order valence-electron chi connectivity index (χ2n) is 4.39. The lowest BCUT2D eigenvalue weighted by Crippen LogP contribution is -2.11. The second-order valence-corrected chi connectivity index (χ2v) is 5.25. The monoisotopic (exact) mass is 313 g/mol. The fraction of sp³-hybridized carbons (Fsp3) is 0. The van der Waals surface area contributed by atoms with Crippen molar-refractivity contribution >= 4 is 28.3 Å². The first-order valence-electron chi connectivity index (χ1n) is 6.29. The summed E-state index contributed by atoms with van der Waals surface area (Å²) >= 11 is 1.30. The highest BCUT2D eigenvalue weighted by atomic mass is 32.1. The van der Waals surface area contributed by atoms with Crippen LogP contribution in [0.5, 0.6) is 0 Å². The van der Waals surface area contributed by atoms with E-state index in [0.29, 0.717) is 22.1 Å². The van der Waals surface area contributed by atoms with Gasteiger partial charge in [-0.3, -0.25) is 19.9 Å². The van der Waals surface area contributed by atoms with Gasteiger partial charge in [0.2, 0.25) is 0 Å². The highest BCUT2D eigenvalue weighted by Crippen LogP contribution is 2.25. The van der Waals surface area contributed by atoms with E-state index in [4.69, 9.17) is 5.73 Å². The topological polar surface area (TPSA) is 114 Å². The minimum absolute atomic E-state index is 0.254. The van der Waals surface area contributed by atoms with E-state index in [-0.39, 0.29) is 5.91 Å². The number of aromatic nitrogens is 3. The van der Waals surface area contributed by atoms with Crippen LogP contribution in [0.4, 0.5) is 5.13 Å². The summed E-state index contributed by atoms with van der Waals surface area (Å²) in [5.74, 6) is -0.789. The quantitative estimate of drug-likeness (QED) is 0.682. The Bertz CT molecular complexity index is 825. The lowest BCUT2D eigenvalue weighted by molar-refractivity contribution is 0.0994. The number of nitrogens with one attached hydrogen (secondary N) is 2. The van der Waals surface area contributed by atoms with Gasteiger partial charge in [0, 0.05) is 35.1 Å². The number of hydrogen-bond acceptors (Lipinski definition) is 5. The van der Waals surface area contributed by atoms with Crippen molar-refractivity contribution in [2.45, 2.75) is 0 Å². The predicted octanol–water partition coefficient (Wildman–Crippen LogP) is 1.88. The van der Waals surface area contributed by atoms with Crippen molar-refractivity contribution in [3.63, 3.8) is 0 Å². The first-order chi connectivity index (χ1) is 10.6. The lowest BCUT2D eigenvalue weighted by atomic mass is 10.2. The Labute approximate surface area is 129 Å². The molecule has 110 valence electrons. The van der Waals surface area contributed by atoms with Crippen LogP contribution >= 0.6 is 11.3 Å².